The van der Waals surface area contributed by atoms with Crippen LogP contribution in [0, 0.1) is 12.8 Å². The van der Waals surface area contributed by atoms with Crippen LogP contribution in [-0.2, 0) is 11.2 Å². The number of aromatic nitrogens is 2. The number of nitrogens with one attached hydrogen (secondary N) is 1. The summed E-state index contributed by atoms with van der Waals surface area (Å²) < 4.78 is 0. The van der Waals surface area contributed by atoms with E-state index in [1.54, 1.807) is 0 Å². The maximum atomic E-state index is 11.3. The molecule has 1 saturated heterocycles. The highest BCUT2D eigenvalue weighted by atomic mass is 16.1. The Balaban J connectivity index is 2.31. The number of amides is 1. The van der Waals surface area contributed by atoms with Crippen molar-refractivity contribution in [2.24, 2.45) is 11.7 Å². The van der Waals surface area contributed by atoms with Gasteiger partial charge < -0.3 is 16.0 Å². The molecule has 0 aliphatic carbocycles. The molecule has 3 N–H and O–H groups in total. The van der Waals surface area contributed by atoms with Gasteiger partial charge >= 0.3 is 0 Å². The highest BCUT2D eigenvalue weighted by Gasteiger charge is 2.29. The highest BCUT2D eigenvalue weighted by molar-refractivity contribution is 5.78. The van der Waals surface area contributed by atoms with Crippen molar-refractivity contribution in [3.05, 3.63) is 11.4 Å². The fraction of sp³-hybridized carbons (Fsp3) is 0.643. The summed E-state index contributed by atoms with van der Waals surface area (Å²) in [5, 5.41) is 3.28. The van der Waals surface area contributed by atoms with Crippen LogP contribution in [0.4, 0.5) is 11.6 Å². The molecule has 0 saturated carbocycles. The molecule has 1 unspecified atom stereocenters. The number of rotatable bonds is 5. The number of nitrogens with zero attached hydrogens (tertiary/aromatic N) is 3. The first-order chi connectivity index (χ1) is 9.56. The number of hydrogen-bond acceptors (Lipinski definition) is 5. The van der Waals surface area contributed by atoms with E-state index in [4.69, 9.17) is 5.73 Å². The number of carbonyl (C=O) groups is 1. The van der Waals surface area contributed by atoms with Crippen LogP contribution in [0.25, 0.3) is 0 Å². The highest BCUT2D eigenvalue weighted by Crippen LogP contribution is 2.28. The van der Waals surface area contributed by atoms with Crippen molar-refractivity contribution >= 4 is 17.5 Å². The number of carbonyl (C=O) groups excluding carboxylic acids is 1. The Labute approximate surface area is 119 Å². The minimum atomic E-state index is -0.221. The Hall–Kier alpha value is -1.85. The van der Waals surface area contributed by atoms with E-state index in [1.165, 1.54) is 0 Å². The SMILES string of the molecule is CCNc1nc(CC)nc(N2CCC(C(N)=O)C2)c1C. The lowest BCUT2D eigenvalue weighted by Gasteiger charge is -2.21. The number of aryl methyl sites for hydroxylation is 1. The molecule has 1 aromatic rings. The molecule has 0 spiro atoms. The predicted octanol–water partition coefficient (Wildman–Crippen LogP) is 1.09. The zero-order chi connectivity index (χ0) is 14.7. The molecule has 0 radical (unpaired) electrons. The second-order valence-electron chi connectivity index (χ2n) is 5.15. The van der Waals surface area contributed by atoms with Crippen LogP contribution in [-0.4, -0.2) is 35.5 Å². The van der Waals surface area contributed by atoms with Crippen LogP contribution in [0.5, 0.6) is 0 Å². The van der Waals surface area contributed by atoms with E-state index in [9.17, 15) is 4.79 Å². The second kappa shape index (κ2) is 6.07. The molecule has 1 aliphatic rings. The molecule has 1 amide bonds. The van der Waals surface area contributed by atoms with Crippen LogP contribution in [0.15, 0.2) is 0 Å². The van der Waals surface area contributed by atoms with Crippen molar-refractivity contribution in [3.63, 3.8) is 0 Å². The lowest BCUT2D eigenvalue weighted by atomic mass is 10.1. The summed E-state index contributed by atoms with van der Waals surface area (Å²) in [7, 11) is 0. The number of nitrogens with two attached hydrogens (primary N) is 1. The van der Waals surface area contributed by atoms with Crippen molar-refractivity contribution in [1.29, 1.82) is 0 Å². The van der Waals surface area contributed by atoms with Gasteiger partial charge in [-0.3, -0.25) is 4.79 Å². The molecule has 20 heavy (non-hydrogen) atoms. The molecule has 2 rings (SSSR count). The van der Waals surface area contributed by atoms with E-state index in [2.05, 4.69) is 20.2 Å². The zero-order valence-electron chi connectivity index (χ0n) is 12.4. The Morgan fingerprint density at radius 2 is 2.20 bits per heavy atom. The van der Waals surface area contributed by atoms with E-state index in [0.29, 0.717) is 6.54 Å². The molecule has 0 bridgehead atoms. The Morgan fingerprint density at radius 1 is 1.45 bits per heavy atom. The lowest BCUT2D eigenvalue weighted by Crippen LogP contribution is -2.28. The zero-order valence-corrected chi connectivity index (χ0v) is 12.4. The van der Waals surface area contributed by atoms with Crippen molar-refractivity contribution < 1.29 is 4.79 Å². The van der Waals surface area contributed by atoms with Crippen LogP contribution < -0.4 is 16.0 Å². The van der Waals surface area contributed by atoms with Gasteiger partial charge in [-0.05, 0) is 20.3 Å². The Kier molecular flexibility index (Phi) is 4.42. The van der Waals surface area contributed by atoms with Gasteiger partial charge in [-0.25, -0.2) is 9.97 Å². The normalized spacial score (nSPS) is 18.4. The number of hydrogen-bond donors (Lipinski definition) is 2. The molecule has 1 aromatic heterocycles. The van der Waals surface area contributed by atoms with Crippen molar-refractivity contribution in [2.45, 2.75) is 33.6 Å². The van der Waals surface area contributed by atoms with Gasteiger partial charge in [-0.15, -0.1) is 0 Å². The summed E-state index contributed by atoms with van der Waals surface area (Å²) in [6, 6.07) is 0. The first kappa shape index (κ1) is 14.6. The van der Waals surface area contributed by atoms with E-state index in [-0.39, 0.29) is 11.8 Å². The van der Waals surface area contributed by atoms with Crippen LogP contribution >= 0.6 is 0 Å². The van der Waals surface area contributed by atoms with Crippen molar-refractivity contribution in [2.75, 3.05) is 29.9 Å². The van der Waals surface area contributed by atoms with Gasteiger partial charge in [0, 0.05) is 31.6 Å². The Morgan fingerprint density at radius 3 is 2.75 bits per heavy atom. The minimum absolute atomic E-state index is 0.0722. The first-order valence-electron chi connectivity index (χ1n) is 7.22. The number of anilines is 2. The summed E-state index contributed by atoms with van der Waals surface area (Å²) in [5.41, 5.74) is 6.44. The third-order valence-electron chi connectivity index (χ3n) is 3.72. The van der Waals surface area contributed by atoms with Crippen molar-refractivity contribution in [3.8, 4) is 0 Å². The molecule has 0 aromatic carbocycles. The van der Waals surface area contributed by atoms with Crippen LogP contribution in [0.2, 0.25) is 0 Å². The van der Waals surface area contributed by atoms with E-state index in [0.717, 1.165) is 49.0 Å². The minimum Gasteiger partial charge on any atom is -0.370 e. The fourth-order valence-electron chi connectivity index (χ4n) is 2.54. The molecule has 110 valence electrons. The second-order valence-corrected chi connectivity index (χ2v) is 5.15. The predicted molar refractivity (Wildman–Crippen MR) is 79.8 cm³/mol. The lowest BCUT2D eigenvalue weighted by molar-refractivity contribution is -0.121. The summed E-state index contributed by atoms with van der Waals surface area (Å²) in [6.45, 7) is 8.41. The van der Waals surface area contributed by atoms with Gasteiger partial charge in [0.15, 0.2) is 0 Å². The maximum Gasteiger partial charge on any atom is 0.222 e. The van der Waals surface area contributed by atoms with E-state index < -0.39 is 0 Å². The molecule has 6 nitrogen and oxygen atoms in total. The molecule has 1 atom stereocenters. The summed E-state index contributed by atoms with van der Waals surface area (Å²) >= 11 is 0. The third kappa shape index (κ3) is 2.84. The standard InChI is InChI=1S/C14H23N5O/c1-4-11-17-13(16-5-2)9(3)14(18-11)19-7-6-10(8-19)12(15)20/h10H,4-8H2,1-3H3,(H2,15,20)(H,16,17,18). The number of primary amides is 1. The third-order valence-corrected chi connectivity index (χ3v) is 3.72. The topological polar surface area (TPSA) is 84.1 Å². The van der Waals surface area contributed by atoms with E-state index in [1.807, 2.05) is 20.8 Å². The van der Waals surface area contributed by atoms with Gasteiger partial charge in [-0.2, -0.15) is 0 Å². The van der Waals surface area contributed by atoms with Gasteiger partial charge in [-0.1, -0.05) is 6.92 Å². The Bertz CT molecular complexity index is 503. The van der Waals surface area contributed by atoms with Crippen LogP contribution in [0.3, 0.4) is 0 Å². The molecule has 2 heterocycles. The molecule has 1 fully saturated rings. The average molecular weight is 277 g/mol. The summed E-state index contributed by atoms with van der Waals surface area (Å²) in [5.74, 6) is 2.34. The summed E-state index contributed by atoms with van der Waals surface area (Å²) in [6.07, 6.45) is 1.59. The van der Waals surface area contributed by atoms with Gasteiger partial charge in [0.25, 0.3) is 0 Å². The quantitative estimate of drug-likeness (QED) is 0.841. The molecular formula is C14H23N5O. The first-order valence-corrected chi connectivity index (χ1v) is 7.22. The maximum absolute atomic E-state index is 11.3. The fourth-order valence-corrected chi connectivity index (χ4v) is 2.54. The summed E-state index contributed by atoms with van der Waals surface area (Å²) in [4.78, 5) is 22.6. The largest absolute Gasteiger partial charge is 0.370 e. The molecule has 1 aliphatic heterocycles. The van der Waals surface area contributed by atoms with Crippen LogP contribution in [0.1, 0.15) is 31.7 Å². The van der Waals surface area contributed by atoms with Gasteiger partial charge in [0.05, 0.1) is 5.92 Å². The average Bonchev–Trinajstić information content (AvgIpc) is 2.91. The smallest absolute Gasteiger partial charge is 0.222 e. The van der Waals surface area contributed by atoms with Gasteiger partial charge in [0.1, 0.15) is 17.5 Å². The van der Waals surface area contributed by atoms with Crippen molar-refractivity contribution in [1.82, 2.24) is 9.97 Å². The van der Waals surface area contributed by atoms with Gasteiger partial charge in [0.2, 0.25) is 5.91 Å². The monoisotopic (exact) mass is 277 g/mol. The molecular weight excluding hydrogens is 254 g/mol. The molecule has 6 heteroatoms. The van der Waals surface area contributed by atoms with E-state index >= 15 is 0 Å².